The Kier molecular flexibility index (Phi) is 3.94. The third-order valence-electron chi connectivity index (χ3n) is 3.72. The van der Waals surface area contributed by atoms with E-state index in [1.54, 1.807) is 4.68 Å². The van der Waals surface area contributed by atoms with Gasteiger partial charge in [0.05, 0.1) is 0 Å². The molecule has 0 fully saturated rings. The maximum Gasteiger partial charge on any atom is 0.189 e. The number of benzene rings is 1. The fraction of sp³-hybridized carbons (Fsp3) is 0.467. The SMILES string of the molecule is CCCCn1nnnc1COc1cccc2c1CCC2=O. The first-order valence-corrected chi connectivity index (χ1v) is 7.32. The van der Waals surface area contributed by atoms with Crippen molar-refractivity contribution in [3.8, 4) is 5.75 Å². The van der Waals surface area contributed by atoms with Gasteiger partial charge in [0, 0.05) is 24.1 Å². The van der Waals surface area contributed by atoms with E-state index in [1.165, 1.54) is 0 Å². The van der Waals surface area contributed by atoms with Crippen LogP contribution in [0.2, 0.25) is 0 Å². The maximum atomic E-state index is 11.7. The van der Waals surface area contributed by atoms with Gasteiger partial charge in [0.1, 0.15) is 12.4 Å². The summed E-state index contributed by atoms with van der Waals surface area (Å²) < 4.78 is 7.62. The van der Waals surface area contributed by atoms with Crippen molar-refractivity contribution in [2.24, 2.45) is 0 Å². The Labute approximate surface area is 123 Å². The molecular weight excluding hydrogens is 268 g/mol. The second kappa shape index (κ2) is 6.03. The number of rotatable bonds is 6. The van der Waals surface area contributed by atoms with E-state index in [1.807, 2.05) is 18.2 Å². The van der Waals surface area contributed by atoms with Gasteiger partial charge in [-0.15, -0.1) is 5.10 Å². The van der Waals surface area contributed by atoms with E-state index in [0.29, 0.717) is 18.9 Å². The smallest absolute Gasteiger partial charge is 0.189 e. The Balaban J connectivity index is 1.72. The zero-order valence-corrected chi connectivity index (χ0v) is 12.1. The van der Waals surface area contributed by atoms with Crippen LogP contribution in [0.25, 0.3) is 0 Å². The summed E-state index contributed by atoms with van der Waals surface area (Å²) in [4.78, 5) is 11.7. The summed E-state index contributed by atoms with van der Waals surface area (Å²) in [5.74, 6) is 1.68. The Morgan fingerprint density at radius 2 is 2.24 bits per heavy atom. The van der Waals surface area contributed by atoms with E-state index in [0.717, 1.165) is 42.7 Å². The van der Waals surface area contributed by atoms with Crippen molar-refractivity contribution in [1.82, 2.24) is 20.2 Å². The fourth-order valence-electron chi connectivity index (χ4n) is 2.54. The summed E-state index contributed by atoms with van der Waals surface area (Å²) in [6.07, 6.45) is 3.46. The molecule has 0 saturated heterocycles. The van der Waals surface area contributed by atoms with Crippen LogP contribution in [0.1, 0.15) is 47.9 Å². The molecule has 21 heavy (non-hydrogen) atoms. The van der Waals surface area contributed by atoms with E-state index < -0.39 is 0 Å². The molecule has 0 N–H and O–H groups in total. The first-order valence-electron chi connectivity index (χ1n) is 7.32. The van der Waals surface area contributed by atoms with Crippen molar-refractivity contribution in [1.29, 1.82) is 0 Å². The summed E-state index contributed by atoms with van der Waals surface area (Å²) >= 11 is 0. The number of aryl methyl sites for hydroxylation is 1. The standard InChI is InChI=1S/C15H18N4O2/c1-2-3-9-19-15(16-17-18-19)10-21-14-6-4-5-11-12(14)7-8-13(11)20/h4-6H,2-3,7-10H2,1H3. The summed E-state index contributed by atoms with van der Waals surface area (Å²) in [5.41, 5.74) is 1.80. The Bertz CT molecular complexity index is 651. The van der Waals surface area contributed by atoms with Gasteiger partial charge in [0.15, 0.2) is 11.6 Å². The molecule has 1 aliphatic rings. The van der Waals surface area contributed by atoms with E-state index in [9.17, 15) is 4.79 Å². The molecule has 0 radical (unpaired) electrons. The lowest BCUT2D eigenvalue weighted by atomic mass is 10.1. The quantitative estimate of drug-likeness (QED) is 0.814. The average molecular weight is 286 g/mol. The van der Waals surface area contributed by atoms with E-state index in [4.69, 9.17) is 4.74 Å². The molecule has 0 spiro atoms. The number of ether oxygens (including phenoxy) is 1. The summed E-state index contributed by atoms with van der Waals surface area (Å²) in [5, 5.41) is 11.7. The van der Waals surface area contributed by atoms with E-state index in [2.05, 4.69) is 22.4 Å². The molecule has 1 aromatic carbocycles. The fourth-order valence-corrected chi connectivity index (χ4v) is 2.54. The molecule has 6 nitrogen and oxygen atoms in total. The summed E-state index contributed by atoms with van der Waals surface area (Å²) in [7, 11) is 0. The largest absolute Gasteiger partial charge is 0.485 e. The lowest BCUT2D eigenvalue weighted by Crippen LogP contribution is -2.09. The van der Waals surface area contributed by atoms with Crippen LogP contribution in [-0.4, -0.2) is 26.0 Å². The molecule has 2 aromatic rings. The van der Waals surface area contributed by atoms with Gasteiger partial charge in [-0.2, -0.15) is 0 Å². The lowest BCUT2D eigenvalue weighted by Gasteiger charge is -2.10. The van der Waals surface area contributed by atoms with Crippen molar-refractivity contribution in [2.75, 3.05) is 0 Å². The van der Waals surface area contributed by atoms with Crippen molar-refractivity contribution in [3.05, 3.63) is 35.2 Å². The van der Waals surface area contributed by atoms with Gasteiger partial charge in [-0.1, -0.05) is 25.5 Å². The van der Waals surface area contributed by atoms with E-state index >= 15 is 0 Å². The van der Waals surface area contributed by atoms with Crippen molar-refractivity contribution in [3.63, 3.8) is 0 Å². The monoisotopic (exact) mass is 286 g/mol. The number of carbonyl (C=O) groups is 1. The van der Waals surface area contributed by atoms with Crippen molar-refractivity contribution < 1.29 is 9.53 Å². The van der Waals surface area contributed by atoms with Crippen LogP contribution >= 0.6 is 0 Å². The van der Waals surface area contributed by atoms with Gasteiger partial charge in [0.2, 0.25) is 0 Å². The molecule has 1 aromatic heterocycles. The minimum atomic E-state index is 0.197. The minimum absolute atomic E-state index is 0.197. The summed E-state index contributed by atoms with van der Waals surface area (Å²) in [6.45, 7) is 3.25. The third-order valence-corrected chi connectivity index (χ3v) is 3.72. The van der Waals surface area contributed by atoms with Gasteiger partial charge in [0.25, 0.3) is 0 Å². The molecule has 3 rings (SSSR count). The summed E-state index contributed by atoms with van der Waals surface area (Å²) in [6, 6.07) is 5.62. The van der Waals surface area contributed by atoms with Gasteiger partial charge < -0.3 is 4.74 Å². The predicted molar refractivity (Wildman–Crippen MR) is 76.2 cm³/mol. The number of Topliss-reactive ketones (excluding diaryl/α,β-unsaturated/α-hetero) is 1. The molecule has 1 heterocycles. The molecule has 1 aliphatic carbocycles. The Morgan fingerprint density at radius 3 is 3.10 bits per heavy atom. The highest BCUT2D eigenvalue weighted by atomic mass is 16.5. The van der Waals surface area contributed by atoms with Crippen LogP contribution in [0, 0.1) is 0 Å². The van der Waals surface area contributed by atoms with Crippen LogP contribution in [0.3, 0.4) is 0 Å². The Hall–Kier alpha value is -2.24. The Morgan fingerprint density at radius 1 is 1.33 bits per heavy atom. The number of unbranched alkanes of at least 4 members (excludes halogenated alkanes) is 1. The minimum Gasteiger partial charge on any atom is -0.485 e. The molecule has 0 atom stereocenters. The molecular formula is C15H18N4O2. The van der Waals surface area contributed by atoms with Gasteiger partial charge in [-0.3, -0.25) is 4.79 Å². The third kappa shape index (κ3) is 2.79. The molecule has 0 saturated carbocycles. The number of hydrogen-bond acceptors (Lipinski definition) is 5. The number of ketones is 1. The zero-order valence-electron chi connectivity index (χ0n) is 12.1. The first-order chi connectivity index (χ1) is 10.3. The second-order valence-corrected chi connectivity index (χ2v) is 5.17. The highest BCUT2D eigenvalue weighted by Gasteiger charge is 2.22. The molecule has 0 amide bonds. The number of nitrogens with zero attached hydrogens (tertiary/aromatic N) is 4. The highest BCUT2D eigenvalue weighted by Crippen LogP contribution is 2.30. The first kappa shape index (κ1) is 13.7. The molecule has 6 heteroatoms. The highest BCUT2D eigenvalue weighted by molar-refractivity contribution is 6.01. The maximum absolute atomic E-state index is 11.7. The van der Waals surface area contributed by atoms with E-state index in [-0.39, 0.29) is 5.78 Å². The molecule has 0 bridgehead atoms. The van der Waals surface area contributed by atoms with Gasteiger partial charge in [-0.25, -0.2) is 4.68 Å². The van der Waals surface area contributed by atoms with Crippen molar-refractivity contribution in [2.45, 2.75) is 45.8 Å². The van der Waals surface area contributed by atoms with Gasteiger partial charge in [-0.05, 0) is 29.3 Å². The van der Waals surface area contributed by atoms with Crippen LogP contribution < -0.4 is 4.74 Å². The number of carbonyl (C=O) groups excluding carboxylic acids is 1. The predicted octanol–water partition coefficient (Wildman–Crippen LogP) is 2.18. The topological polar surface area (TPSA) is 69.9 Å². The molecule has 110 valence electrons. The number of hydrogen-bond donors (Lipinski definition) is 0. The number of fused-ring (bicyclic) bond motifs is 1. The van der Waals surface area contributed by atoms with Crippen LogP contribution in [0.15, 0.2) is 18.2 Å². The average Bonchev–Trinajstić information content (AvgIpc) is 3.10. The molecule has 0 unspecified atom stereocenters. The van der Waals surface area contributed by atoms with Crippen LogP contribution in [0.4, 0.5) is 0 Å². The normalized spacial score (nSPS) is 13.5. The van der Waals surface area contributed by atoms with Crippen LogP contribution in [-0.2, 0) is 19.6 Å². The lowest BCUT2D eigenvalue weighted by molar-refractivity contribution is 0.0994. The van der Waals surface area contributed by atoms with Gasteiger partial charge >= 0.3 is 0 Å². The number of aromatic nitrogens is 4. The molecule has 0 aliphatic heterocycles. The second-order valence-electron chi connectivity index (χ2n) is 5.17. The van der Waals surface area contributed by atoms with Crippen LogP contribution in [0.5, 0.6) is 5.75 Å². The van der Waals surface area contributed by atoms with Crippen molar-refractivity contribution >= 4 is 5.78 Å². The number of tetrazole rings is 1. The zero-order chi connectivity index (χ0) is 14.7.